The Bertz CT molecular complexity index is 725. The molecule has 0 aliphatic rings. The number of carbonyl (C=O) groups is 1. The maximum absolute atomic E-state index is 11.4. The Kier molecular flexibility index (Phi) is 4.66. The van der Waals surface area contributed by atoms with Crippen molar-refractivity contribution in [3.05, 3.63) is 70.0 Å². The molecular formula is C19H20O3. The van der Waals surface area contributed by atoms with E-state index in [0.717, 1.165) is 22.3 Å². The lowest BCUT2D eigenvalue weighted by atomic mass is 10.0. The van der Waals surface area contributed by atoms with Gasteiger partial charge in [-0.15, -0.1) is 0 Å². The van der Waals surface area contributed by atoms with Gasteiger partial charge >= 0.3 is 5.97 Å². The van der Waals surface area contributed by atoms with E-state index in [1.165, 1.54) is 5.56 Å². The minimum atomic E-state index is -1.08. The average Bonchev–Trinajstić information content (AvgIpc) is 2.46. The number of hydrogen-bond donors (Lipinski definition) is 1. The fraction of sp³-hybridized carbons (Fsp3) is 0.211. The Morgan fingerprint density at radius 3 is 2.14 bits per heavy atom. The summed E-state index contributed by atoms with van der Waals surface area (Å²) in [6.07, 6.45) is 1.57. The van der Waals surface area contributed by atoms with Crippen molar-refractivity contribution in [1.29, 1.82) is 0 Å². The van der Waals surface area contributed by atoms with E-state index in [1.54, 1.807) is 18.2 Å². The van der Waals surface area contributed by atoms with E-state index in [2.05, 4.69) is 0 Å². The maximum atomic E-state index is 11.4. The fourth-order valence-corrected chi connectivity index (χ4v) is 2.15. The second-order valence-electron chi connectivity index (χ2n) is 5.52. The highest BCUT2D eigenvalue weighted by molar-refractivity contribution is 5.90. The molecule has 1 N–H and O–H groups in total. The zero-order valence-corrected chi connectivity index (χ0v) is 13.3. The molecular weight excluding hydrogens is 276 g/mol. The average molecular weight is 296 g/mol. The van der Waals surface area contributed by atoms with Gasteiger partial charge in [0.15, 0.2) is 0 Å². The van der Waals surface area contributed by atoms with Crippen LogP contribution in [0.5, 0.6) is 5.75 Å². The van der Waals surface area contributed by atoms with E-state index in [4.69, 9.17) is 4.74 Å². The number of aryl methyl sites for hydroxylation is 4. The third-order valence-corrected chi connectivity index (χ3v) is 3.63. The largest absolute Gasteiger partial charge is 0.475 e. The van der Waals surface area contributed by atoms with E-state index in [0.29, 0.717) is 5.75 Å². The molecule has 3 nitrogen and oxygen atoms in total. The Morgan fingerprint density at radius 2 is 1.55 bits per heavy atom. The van der Waals surface area contributed by atoms with Gasteiger partial charge in [-0.2, -0.15) is 0 Å². The standard InChI is InChI=1S/C19H20O3/c1-12-5-7-17(8-6-12)22-18(19(20)21)11-16-10-14(3)13(2)9-15(16)4/h5-11H,1-4H3,(H,20,21). The highest BCUT2D eigenvalue weighted by Gasteiger charge is 2.12. The molecule has 0 saturated carbocycles. The maximum Gasteiger partial charge on any atom is 0.371 e. The van der Waals surface area contributed by atoms with Crippen LogP contribution in [0.2, 0.25) is 0 Å². The predicted octanol–water partition coefficient (Wildman–Crippen LogP) is 4.42. The lowest BCUT2D eigenvalue weighted by molar-refractivity contribution is -0.134. The van der Waals surface area contributed by atoms with Crippen LogP contribution in [0.1, 0.15) is 27.8 Å². The van der Waals surface area contributed by atoms with Gasteiger partial charge in [-0.1, -0.05) is 29.8 Å². The smallest absolute Gasteiger partial charge is 0.371 e. The van der Waals surface area contributed by atoms with Crippen LogP contribution in [0.25, 0.3) is 6.08 Å². The van der Waals surface area contributed by atoms with Crippen LogP contribution >= 0.6 is 0 Å². The second kappa shape index (κ2) is 6.48. The van der Waals surface area contributed by atoms with Crippen molar-refractivity contribution in [3.63, 3.8) is 0 Å². The Morgan fingerprint density at radius 1 is 0.955 bits per heavy atom. The first-order chi connectivity index (χ1) is 10.4. The van der Waals surface area contributed by atoms with Crippen LogP contribution in [-0.4, -0.2) is 11.1 Å². The van der Waals surface area contributed by atoms with E-state index in [9.17, 15) is 9.90 Å². The van der Waals surface area contributed by atoms with Gasteiger partial charge in [0.1, 0.15) is 5.75 Å². The Labute approximate surface area is 130 Å². The fourth-order valence-electron chi connectivity index (χ4n) is 2.15. The number of aliphatic carboxylic acids is 1. The Hall–Kier alpha value is -2.55. The van der Waals surface area contributed by atoms with Gasteiger partial charge < -0.3 is 9.84 Å². The van der Waals surface area contributed by atoms with E-state index in [-0.39, 0.29) is 5.76 Å². The zero-order chi connectivity index (χ0) is 16.3. The molecule has 0 spiro atoms. The first-order valence-electron chi connectivity index (χ1n) is 7.14. The summed E-state index contributed by atoms with van der Waals surface area (Å²) in [5, 5.41) is 9.37. The van der Waals surface area contributed by atoms with Crippen molar-refractivity contribution < 1.29 is 14.6 Å². The summed E-state index contributed by atoms with van der Waals surface area (Å²) < 4.78 is 5.52. The van der Waals surface area contributed by atoms with Crippen molar-refractivity contribution in [3.8, 4) is 5.75 Å². The molecule has 3 heteroatoms. The molecule has 0 aromatic heterocycles. The molecule has 2 rings (SSSR count). The van der Waals surface area contributed by atoms with Crippen molar-refractivity contribution in [2.45, 2.75) is 27.7 Å². The molecule has 0 bridgehead atoms. The van der Waals surface area contributed by atoms with Crippen LogP contribution in [0.3, 0.4) is 0 Å². The minimum Gasteiger partial charge on any atom is -0.475 e. The van der Waals surface area contributed by atoms with Crippen LogP contribution in [0, 0.1) is 27.7 Å². The lowest BCUT2D eigenvalue weighted by Crippen LogP contribution is -2.08. The summed E-state index contributed by atoms with van der Waals surface area (Å²) in [4.78, 5) is 11.4. The number of hydrogen-bond acceptors (Lipinski definition) is 2. The molecule has 114 valence electrons. The third-order valence-electron chi connectivity index (χ3n) is 3.63. The molecule has 0 fully saturated rings. The minimum absolute atomic E-state index is 0.0878. The number of carboxylic acids is 1. The highest BCUT2D eigenvalue weighted by Crippen LogP contribution is 2.21. The highest BCUT2D eigenvalue weighted by atomic mass is 16.5. The number of benzene rings is 2. The lowest BCUT2D eigenvalue weighted by Gasteiger charge is -2.10. The molecule has 0 radical (unpaired) electrons. The van der Waals surface area contributed by atoms with Gasteiger partial charge in [-0.25, -0.2) is 4.79 Å². The van der Waals surface area contributed by atoms with Crippen molar-refractivity contribution in [2.75, 3.05) is 0 Å². The summed E-state index contributed by atoms with van der Waals surface area (Å²) >= 11 is 0. The molecule has 0 amide bonds. The molecule has 22 heavy (non-hydrogen) atoms. The second-order valence-corrected chi connectivity index (χ2v) is 5.52. The zero-order valence-electron chi connectivity index (χ0n) is 13.3. The summed E-state index contributed by atoms with van der Waals surface area (Å²) in [5.41, 5.74) is 5.28. The topological polar surface area (TPSA) is 46.5 Å². The summed E-state index contributed by atoms with van der Waals surface area (Å²) in [5.74, 6) is -0.658. The molecule has 0 unspecified atom stereocenters. The van der Waals surface area contributed by atoms with E-state index >= 15 is 0 Å². The monoisotopic (exact) mass is 296 g/mol. The predicted molar refractivity (Wildman–Crippen MR) is 88.1 cm³/mol. The molecule has 2 aromatic rings. The van der Waals surface area contributed by atoms with Crippen LogP contribution in [0.15, 0.2) is 42.2 Å². The summed E-state index contributed by atoms with van der Waals surface area (Å²) in [7, 11) is 0. The third kappa shape index (κ3) is 3.76. The van der Waals surface area contributed by atoms with E-state index in [1.807, 2.05) is 52.0 Å². The molecule has 0 atom stereocenters. The molecule has 2 aromatic carbocycles. The molecule has 0 aliphatic heterocycles. The first-order valence-corrected chi connectivity index (χ1v) is 7.14. The quantitative estimate of drug-likeness (QED) is 0.671. The SMILES string of the molecule is Cc1ccc(OC(=Cc2cc(C)c(C)cc2C)C(=O)O)cc1. The van der Waals surface area contributed by atoms with Crippen LogP contribution in [0.4, 0.5) is 0 Å². The van der Waals surface area contributed by atoms with Crippen LogP contribution in [-0.2, 0) is 4.79 Å². The van der Waals surface area contributed by atoms with Crippen molar-refractivity contribution >= 4 is 12.0 Å². The van der Waals surface area contributed by atoms with Crippen molar-refractivity contribution in [1.82, 2.24) is 0 Å². The van der Waals surface area contributed by atoms with Crippen molar-refractivity contribution in [2.24, 2.45) is 0 Å². The van der Waals surface area contributed by atoms with Gasteiger partial charge in [-0.3, -0.25) is 0 Å². The van der Waals surface area contributed by atoms with Gasteiger partial charge in [0, 0.05) is 0 Å². The van der Waals surface area contributed by atoms with Gasteiger partial charge in [0.2, 0.25) is 5.76 Å². The summed E-state index contributed by atoms with van der Waals surface area (Å²) in [6.45, 7) is 7.98. The number of carboxylic acid groups (broad SMARTS) is 1. The van der Waals surface area contributed by atoms with Gasteiger partial charge in [0.05, 0.1) is 0 Å². The van der Waals surface area contributed by atoms with E-state index < -0.39 is 5.97 Å². The number of rotatable bonds is 4. The number of ether oxygens (including phenoxy) is 1. The normalized spacial score (nSPS) is 11.4. The summed E-state index contributed by atoms with van der Waals surface area (Å²) in [6, 6.07) is 11.3. The first kappa shape index (κ1) is 15.8. The van der Waals surface area contributed by atoms with Gasteiger partial charge in [-0.05, 0) is 68.2 Å². The van der Waals surface area contributed by atoms with Gasteiger partial charge in [0.25, 0.3) is 0 Å². The molecule has 0 heterocycles. The molecule has 0 aliphatic carbocycles. The molecule has 0 saturated heterocycles. The Balaban J connectivity index is 2.37. The van der Waals surface area contributed by atoms with Crippen LogP contribution < -0.4 is 4.74 Å².